The van der Waals surface area contributed by atoms with Crippen LogP contribution in [0, 0.1) is 0 Å². The Labute approximate surface area is 196 Å². The van der Waals surface area contributed by atoms with Crippen LogP contribution < -0.4 is 9.47 Å². The van der Waals surface area contributed by atoms with Gasteiger partial charge in [-0.2, -0.15) is 13.2 Å². The first-order chi connectivity index (χ1) is 16.2. The van der Waals surface area contributed by atoms with E-state index < -0.39 is 11.7 Å². The van der Waals surface area contributed by atoms with Crippen molar-refractivity contribution in [2.24, 2.45) is 0 Å². The summed E-state index contributed by atoms with van der Waals surface area (Å²) in [7, 11) is 0. The number of aryl methyl sites for hydroxylation is 1. The SMILES string of the molecule is CCOC(=O)C[C@H]1CCn2c1cc1cc(OCc3ccc(OC(C)C)c(C(F)(F)F)c3)ccc12. The predicted molar refractivity (Wildman–Crippen MR) is 122 cm³/mol. The molecule has 34 heavy (non-hydrogen) atoms. The number of carbonyl (C=O) groups excluding carboxylic acids is 1. The molecule has 5 nitrogen and oxygen atoms in total. The first-order valence-corrected chi connectivity index (χ1v) is 11.4. The molecule has 1 atom stereocenters. The Morgan fingerprint density at radius 1 is 1.15 bits per heavy atom. The average molecular weight is 476 g/mol. The molecule has 3 aromatic rings. The second-order valence-corrected chi connectivity index (χ2v) is 8.72. The molecule has 2 heterocycles. The zero-order valence-electron chi connectivity index (χ0n) is 19.4. The Morgan fingerprint density at radius 2 is 1.94 bits per heavy atom. The van der Waals surface area contributed by atoms with E-state index in [4.69, 9.17) is 14.2 Å². The van der Waals surface area contributed by atoms with Gasteiger partial charge in [-0.25, -0.2) is 0 Å². The van der Waals surface area contributed by atoms with Gasteiger partial charge in [-0.1, -0.05) is 6.07 Å². The molecule has 1 aliphatic rings. The van der Waals surface area contributed by atoms with Crippen LogP contribution in [0.4, 0.5) is 13.2 Å². The van der Waals surface area contributed by atoms with E-state index in [9.17, 15) is 18.0 Å². The summed E-state index contributed by atoms with van der Waals surface area (Å²) in [5.74, 6) is 0.296. The Hall–Kier alpha value is -3.16. The fourth-order valence-electron chi connectivity index (χ4n) is 4.42. The average Bonchev–Trinajstić information content (AvgIpc) is 3.31. The van der Waals surface area contributed by atoms with Gasteiger partial charge in [0.05, 0.1) is 24.7 Å². The van der Waals surface area contributed by atoms with E-state index in [0.717, 1.165) is 35.6 Å². The molecule has 1 aliphatic heterocycles. The normalized spacial score (nSPS) is 15.6. The summed E-state index contributed by atoms with van der Waals surface area (Å²) >= 11 is 0. The first kappa shape index (κ1) is 24.0. The molecule has 0 unspecified atom stereocenters. The highest BCUT2D eigenvalue weighted by Crippen LogP contribution is 2.39. The molecule has 0 amide bonds. The fourth-order valence-corrected chi connectivity index (χ4v) is 4.42. The molecule has 0 spiro atoms. The van der Waals surface area contributed by atoms with E-state index in [1.807, 2.05) is 18.2 Å². The number of nitrogens with zero attached hydrogens (tertiary/aromatic N) is 1. The van der Waals surface area contributed by atoms with Crippen molar-refractivity contribution in [1.29, 1.82) is 0 Å². The number of ether oxygens (including phenoxy) is 3. The van der Waals surface area contributed by atoms with Gasteiger partial charge in [-0.3, -0.25) is 4.79 Å². The number of alkyl halides is 3. The molecule has 2 aromatic carbocycles. The van der Waals surface area contributed by atoms with Gasteiger partial charge in [0, 0.05) is 29.1 Å². The molecule has 0 radical (unpaired) electrons. The van der Waals surface area contributed by atoms with Gasteiger partial charge < -0.3 is 18.8 Å². The minimum atomic E-state index is -4.52. The van der Waals surface area contributed by atoms with Gasteiger partial charge in [0.2, 0.25) is 0 Å². The molecule has 0 N–H and O–H groups in total. The summed E-state index contributed by atoms with van der Waals surface area (Å²) in [6.45, 7) is 6.36. The van der Waals surface area contributed by atoms with Crippen molar-refractivity contribution < 1.29 is 32.2 Å². The molecule has 0 saturated heterocycles. The first-order valence-electron chi connectivity index (χ1n) is 11.4. The second-order valence-electron chi connectivity index (χ2n) is 8.72. The van der Waals surface area contributed by atoms with Crippen LogP contribution in [0.15, 0.2) is 42.5 Å². The summed E-state index contributed by atoms with van der Waals surface area (Å²) in [6.07, 6.45) is -3.64. The van der Waals surface area contributed by atoms with Crippen LogP contribution in [0.1, 0.15) is 56.4 Å². The zero-order valence-corrected chi connectivity index (χ0v) is 19.4. The summed E-state index contributed by atoms with van der Waals surface area (Å²) < 4.78 is 58.9. The third-order valence-corrected chi connectivity index (χ3v) is 5.86. The van der Waals surface area contributed by atoms with Crippen molar-refractivity contribution in [2.45, 2.75) is 65.0 Å². The van der Waals surface area contributed by atoms with Crippen molar-refractivity contribution in [3.05, 3.63) is 59.3 Å². The number of benzene rings is 2. The van der Waals surface area contributed by atoms with E-state index in [-0.39, 0.29) is 30.3 Å². The van der Waals surface area contributed by atoms with Crippen LogP contribution in [0.25, 0.3) is 10.9 Å². The van der Waals surface area contributed by atoms with Gasteiger partial charge in [0.25, 0.3) is 0 Å². The molecule has 8 heteroatoms. The van der Waals surface area contributed by atoms with Crippen LogP contribution in [0.3, 0.4) is 0 Å². The highest BCUT2D eigenvalue weighted by atomic mass is 19.4. The molecule has 0 aliphatic carbocycles. The zero-order chi connectivity index (χ0) is 24.5. The van der Waals surface area contributed by atoms with Crippen molar-refractivity contribution in [3.63, 3.8) is 0 Å². The van der Waals surface area contributed by atoms with Crippen molar-refractivity contribution in [3.8, 4) is 11.5 Å². The standard InChI is InChI=1S/C26H28F3NO4/c1-4-32-25(31)14-18-9-10-30-22-7-6-20(12-19(22)13-23(18)30)33-15-17-5-8-24(34-16(2)3)21(11-17)26(27,28)29/h5-8,11-13,16,18H,4,9-10,14-15H2,1-3H3/t18-/m1/s1. The van der Waals surface area contributed by atoms with Gasteiger partial charge in [0.15, 0.2) is 0 Å². The minimum Gasteiger partial charge on any atom is -0.490 e. The highest BCUT2D eigenvalue weighted by Gasteiger charge is 2.35. The Morgan fingerprint density at radius 3 is 2.65 bits per heavy atom. The lowest BCUT2D eigenvalue weighted by molar-refractivity contribution is -0.143. The summed E-state index contributed by atoms with van der Waals surface area (Å²) in [6, 6.07) is 11.7. The number of fused-ring (bicyclic) bond motifs is 3. The van der Waals surface area contributed by atoms with Crippen LogP contribution in [-0.2, 0) is 28.9 Å². The summed E-state index contributed by atoms with van der Waals surface area (Å²) in [5, 5.41) is 0.970. The number of halogens is 3. The maximum absolute atomic E-state index is 13.5. The number of carbonyl (C=O) groups is 1. The van der Waals surface area contributed by atoms with E-state index in [1.54, 1.807) is 26.8 Å². The number of hydrogen-bond acceptors (Lipinski definition) is 4. The Balaban J connectivity index is 1.50. The van der Waals surface area contributed by atoms with Crippen LogP contribution in [0.5, 0.6) is 11.5 Å². The lowest BCUT2D eigenvalue weighted by atomic mass is 10.0. The maximum atomic E-state index is 13.5. The smallest absolute Gasteiger partial charge is 0.419 e. The molecule has 0 fully saturated rings. The molecule has 0 bridgehead atoms. The van der Waals surface area contributed by atoms with Crippen LogP contribution in [-0.4, -0.2) is 23.2 Å². The quantitative estimate of drug-likeness (QED) is 0.351. The van der Waals surface area contributed by atoms with E-state index in [1.165, 1.54) is 6.07 Å². The van der Waals surface area contributed by atoms with Crippen LogP contribution >= 0.6 is 0 Å². The molecular weight excluding hydrogens is 447 g/mol. The number of rotatable bonds is 8. The Bertz CT molecular complexity index is 1180. The van der Waals surface area contributed by atoms with Crippen molar-refractivity contribution >= 4 is 16.9 Å². The molecule has 182 valence electrons. The summed E-state index contributed by atoms with van der Waals surface area (Å²) in [4.78, 5) is 11.9. The largest absolute Gasteiger partial charge is 0.490 e. The lowest BCUT2D eigenvalue weighted by Gasteiger charge is -2.17. The van der Waals surface area contributed by atoms with Crippen molar-refractivity contribution in [1.82, 2.24) is 4.57 Å². The highest BCUT2D eigenvalue weighted by molar-refractivity contribution is 5.84. The number of aromatic nitrogens is 1. The molecule has 4 rings (SSSR count). The van der Waals surface area contributed by atoms with Crippen LogP contribution in [0.2, 0.25) is 0 Å². The van der Waals surface area contributed by atoms with Gasteiger partial charge in [0.1, 0.15) is 18.1 Å². The third-order valence-electron chi connectivity index (χ3n) is 5.86. The third kappa shape index (κ3) is 5.16. The fraction of sp³-hybridized carbons (Fsp3) is 0.423. The minimum absolute atomic E-state index is 0.00437. The predicted octanol–water partition coefficient (Wildman–Crippen LogP) is 6.47. The molecule has 0 saturated carbocycles. The molecular formula is C26H28F3NO4. The number of esters is 1. The van der Waals surface area contributed by atoms with Crippen molar-refractivity contribution in [2.75, 3.05) is 6.61 Å². The molecule has 1 aromatic heterocycles. The topological polar surface area (TPSA) is 49.7 Å². The van der Waals surface area contributed by atoms with E-state index >= 15 is 0 Å². The number of hydrogen-bond donors (Lipinski definition) is 0. The van der Waals surface area contributed by atoms with Gasteiger partial charge in [-0.15, -0.1) is 0 Å². The van der Waals surface area contributed by atoms with Gasteiger partial charge in [-0.05, 0) is 69.2 Å². The summed E-state index contributed by atoms with van der Waals surface area (Å²) in [5.41, 5.74) is 1.73. The maximum Gasteiger partial charge on any atom is 0.419 e. The van der Waals surface area contributed by atoms with E-state index in [2.05, 4.69) is 10.6 Å². The monoisotopic (exact) mass is 475 g/mol. The van der Waals surface area contributed by atoms with Gasteiger partial charge >= 0.3 is 12.1 Å². The Kier molecular flexibility index (Phi) is 6.77. The van der Waals surface area contributed by atoms with E-state index in [0.29, 0.717) is 24.3 Å². The second kappa shape index (κ2) is 9.60. The lowest BCUT2D eigenvalue weighted by Crippen LogP contribution is -2.13.